The maximum Gasteiger partial charge on any atom is 0.416 e. The van der Waals surface area contributed by atoms with Gasteiger partial charge in [-0.1, -0.05) is 24.3 Å². The zero-order valence-corrected chi connectivity index (χ0v) is 12.9. The molecule has 0 spiro atoms. The van der Waals surface area contributed by atoms with E-state index in [4.69, 9.17) is 9.52 Å². The van der Waals surface area contributed by atoms with E-state index in [0.29, 0.717) is 23.5 Å². The van der Waals surface area contributed by atoms with Crippen LogP contribution in [0.3, 0.4) is 0 Å². The molecule has 0 atom stereocenters. The van der Waals surface area contributed by atoms with Gasteiger partial charge in [-0.25, -0.2) is 4.79 Å². The Kier molecular flexibility index (Phi) is 4.35. The van der Waals surface area contributed by atoms with Crippen molar-refractivity contribution in [3.8, 4) is 11.3 Å². The summed E-state index contributed by atoms with van der Waals surface area (Å²) >= 11 is 0. The van der Waals surface area contributed by atoms with Crippen LogP contribution >= 0.6 is 0 Å². The molecule has 0 amide bonds. The molecule has 0 saturated carbocycles. The van der Waals surface area contributed by atoms with E-state index in [9.17, 15) is 18.0 Å². The number of halogens is 3. The van der Waals surface area contributed by atoms with E-state index >= 15 is 0 Å². The second-order valence-corrected chi connectivity index (χ2v) is 5.52. The number of carboxylic acids is 1. The quantitative estimate of drug-likeness (QED) is 0.701. The summed E-state index contributed by atoms with van der Waals surface area (Å²) in [4.78, 5) is 10.8. The lowest BCUT2D eigenvalue weighted by molar-refractivity contribution is -0.137. The van der Waals surface area contributed by atoms with Crippen LogP contribution in [-0.2, 0) is 12.6 Å². The van der Waals surface area contributed by atoms with Crippen molar-refractivity contribution in [2.24, 2.45) is 0 Å². The van der Waals surface area contributed by atoms with Crippen molar-refractivity contribution in [3.63, 3.8) is 0 Å². The van der Waals surface area contributed by atoms with Crippen LogP contribution in [-0.4, -0.2) is 11.1 Å². The van der Waals surface area contributed by atoms with Crippen molar-refractivity contribution >= 4 is 5.97 Å². The fourth-order valence-electron chi connectivity index (χ4n) is 2.44. The normalized spacial score (nSPS) is 11.5. The first-order valence-corrected chi connectivity index (χ1v) is 7.41. The Labute approximate surface area is 141 Å². The Balaban J connectivity index is 1.80. The first-order chi connectivity index (χ1) is 11.8. The minimum Gasteiger partial charge on any atom is -0.478 e. The molecule has 3 nitrogen and oxygen atoms in total. The molecule has 0 unspecified atom stereocenters. The molecule has 0 radical (unpaired) electrons. The molecule has 0 bridgehead atoms. The van der Waals surface area contributed by atoms with Crippen LogP contribution in [0.2, 0.25) is 0 Å². The summed E-state index contributed by atoms with van der Waals surface area (Å²) in [7, 11) is 0. The van der Waals surface area contributed by atoms with E-state index in [0.717, 1.165) is 17.7 Å². The standard InChI is InChI=1S/C19H13F3O3/c20-19(21,22)15-3-1-2-14(11-15)17-9-8-16(25-17)10-12-4-6-13(7-5-12)18(23)24/h1-9,11H,10H2,(H,23,24). The van der Waals surface area contributed by atoms with Gasteiger partial charge in [-0.3, -0.25) is 0 Å². The Morgan fingerprint density at radius 1 is 1.00 bits per heavy atom. The third kappa shape index (κ3) is 3.91. The summed E-state index contributed by atoms with van der Waals surface area (Å²) in [5.74, 6) is -0.0740. The third-order valence-corrected chi connectivity index (χ3v) is 3.72. The minimum atomic E-state index is -4.41. The van der Waals surface area contributed by atoms with E-state index < -0.39 is 17.7 Å². The lowest BCUT2D eigenvalue weighted by Gasteiger charge is -2.07. The van der Waals surface area contributed by atoms with Gasteiger partial charge in [0.1, 0.15) is 11.5 Å². The molecule has 0 aliphatic heterocycles. The second-order valence-electron chi connectivity index (χ2n) is 5.52. The van der Waals surface area contributed by atoms with Crippen molar-refractivity contribution in [1.29, 1.82) is 0 Å². The fraction of sp³-hybridized carbons (Fsp3) is 0.105. The molecule has 0 aliphatic carbocycles. The SMILES string of the molecule is O=C(O)c1ccc(Cc2ccc(-c3cccc(C(F)(F)F)c3)o2)cc1. The number of aromatic carboxylic acids is 1. The van der Waals surface area contributed by atoms with Gasteiger partial charge in [0.05, 0.1) is 11.1 Å². The molecule has 1 N–H and O–H groups in total. The van der Waals surface area contributed by atoms with Crippen LogP contribution in [0.5, 0.6) is 0 Å². The van der Waals surface area contributed by atoms with Gasteiger partial charge in [-0.05, 0) is 42.0 Å². The Hall–Kier alpha value is -3.02. The second kappa shape index (κ2) is 6.47. The number of hydrogen-bond acceptors (Lipinski definition) is 2. The van der Waals surface area contributed by atoms with Crippen molar-refractivity contribution in [3.05, 3.63) is 83.1 Å². The van der Waals surface area contributed by atoms with Gasteiger partial charge in [0.15, 0.2) is 0 Å². The Morgan fingerprint density at radius 3 is 2.36 bits per heavy atom. The lowest BCUT2D eigenvalue weighted by atomic mass is 10.1. The van der Waals surface area contributed by atoms with Crippen LogP contribution in [0.4, 0.5) is 13.2 Å². The molecular weight excluding hydrogens is 333 g/mol. The molecule has 0 aliphatic rings. The van der Waals surface area contributed by atoms with Crippen LogP contribution < -0.4 is 0 Å². The van der Waals surface area contributed by atoms with Gasteiger partial charge in [0, 0.05) is 12.0 Å². The van der Waals surface area contributed by atoms with E-state index in [-0.39, 0.29) is 5.56 Å². The smallest absolute Gasteiger partial charge is 0.416 e. The number of benzene rings is 2. The molecular formula is C19H13F3O3. The van der Waals surface area contributed by atoms with Crippen LogP contribution in [0.25, 0.3) is 11.3 Å². The first-order valence-electron chi connectivity index (χ1n) is 7.41. The molecule has 3 aromatic rings. The third-order valence-electron chi connectivity index (χ3n) is 3.72. The molecule has 6 heteroatoms. The summed E-state index contributed by atoms with van der Waals surface area (Å²) in [6.07, 6.45) is -3.99. The number of carboxylic acid groups (broad SMARTS) is 1. The predicted molar refractivity (Wildman–Crippen MR) is 85.4 cm³/mol. The maximum atomic E-state index is 12.8. The van der Waals surface area contributed by atoms with Crippen molar-refractivity contribution in [2.75, 3.05) is 0 Å². The van der Waals surface area contributed by atoms with Crippen molar-refractivity contribution in [2.45, 2.75) is 12.6 Å². The highest BCUT2D eigenvalue weighted by atomic mass is 19.4. The monoisotopic (exact) mass is 346 g/mol. The number of rotatable bonds is 4. The molecule has 128 valence electrons. The zero-order valence-electron chi connectivity index (χ0n) is 12.9. The highest BCUT2D eigenvalue weighted by Crippen LogP contribution is 2.32. The minimum absolute atomic E-state index is 0.188. The van der Waals surface area contributed by atoms with E-state index in [1.807, 2.05) is 0 Å². The summed E-state index contributed by atoms with van der Waals surface area (Å²) in [6, 6.07) is 14.6. The van der Waals surface area contributed by atoms with E-state index in [1.54, 1.807) is 30.3 Å². The average molecular weight is 346 g/mol. The van der Waals surface area contributed by atoms with Gasteiger partial charge in [0.2, 0.25) is 0 Å². The summed E-state index contributed by atoms with van der Waals surface area (Å²) in [6.45, 7) is 0. The number of carbonyl (C=O) groups is 1. The molecule has 0 fully saturated rings. The Bertz CT molecular complexity index is 893. The van der Waals surface area contributed by atoms with Crippen LogP contribution in [0, 0.1) is 0 Å². The van der Waals surface area contributed by atoms with Gasteiger partial charge >= 0.3 is 12.1 Å². The van der Waals surface area contributed by atoms with E-state index in [1.165, 1.54) is 18.2 Å². The van der Waals surface area contributed by atoms with Gasteiger partial charge in [0.25, 0.3) is 0 Å². The lowest BCUT2D eigenvalue weighted by Crippen LogP contribution is -2.04. The number of furan rings is 1. The van der Waals surface area contributed by atoms with Crippen molar-refractivity contribution in [1.82, 2.24) is 0 Å². The van der Waals surface area contributed by atoms with Crippen LogP contribution in [0.15, 0.2) is 65.1 Å². The number of alkyl halides is 3. The fourth-order valence-corrected chi connectivity index (χ4v) is 2.44. The first kappa shape index (κ1) is 16.8. The summed E-state index contributed by atoms with van der Waals surface area (Å²) in [5, 5.41) is 8.88. The zero-order chi connectivity index (χ0) is 18.0. The highest BCUT2D eigenvalue weighted by Gasteiger charge is 2.30. The van der Waals surface area contributed by atoms with Crippen molar-refractivity contribution < 1.29 is 27.5 Å². The molecule has 25 heavy (non-hydrogen) atoms. The van der Waals surface area contributed by atoms with E-state index in [2.05, 4.69) is 0 Å². The van der Waals surface area contributed by atoms with Crippen LogP contribution in [0.1, 0.15) is 27.2 Å². The maximum absolute atomic E-state index is 12.8. The summed E-state index contributed by atoms with van der Waals surface area (Å²) < 4.78 is 44.0. The average Bonchev–Trinajstić information content (AvgIpc) is 3.03. The van der Waals surface area contributed by atoms with Gasteiger partial charge in [-0.15, -0.1) is 0 Å². The predicted octanol–water partition coefficient (Wildman–Crippen LogP) is 5.25. The molecule has 2 aromatic carbocycles. The molecule has 1 heterocycles. The molecule has 1 aromatic heterocycles. The van der Waals surface area contributed by atoms with Gasteiger partial charge in [-0.2, -0.15) is 13.2 Å². The Morgan fingerprint density at radius 2 is 1.72 bits per heavy atom. The topological polar surface area (TPSA) is 50.4 Å². The summed E-state index contributed by atoms with van der Waals surface area (Å²) in [5.41, 5.74) is 0.650. The van der Waals surface area contributed by atoms with Gasteiger partial charge < -0.3 is 9.52 Å². The highest BCUT2D eigenvalue weighted by molar-refractivity contribution is 5.87. The molecule has 0 saturated heterocycles. The largest absolute Gasteiger partial charge is 0.478 e. The number of hydrogen-bond donors (Lipinski definition) is 1. The molecule has 3 rings (SSSR count).